The largest absolute Gasteiger partial charge is 0.298 e. The zero-order valence-electron chi connectivity index (χ0n) is 9.08. The summed E-state index contributed by atoms with van der Waals surface area (Å²) in [5, 5.41) is 0. The first-order valence-electron chi connectivity index (χ1n) is 5.85. The minimum Gasteiger partial charge on any atom is -0.298 e. The van der Waals surface area contributed by atoms with Crippen LogP contribution in [-0.4, -0.2) is 53.9 Å². The van der Waals surface area contributed by atoms with Crippen molar-refractivity contribution in [1.29, 1.82) is 0 Å². The minimum absolute atomic E-state index is 0.729. The highest BCUT2D eigenvalue weighted by molar-refractivity contribution is 6.17. The third kappa shape index (κ3) is 2.23. The maximum absolute atomic E-state index is 5.74. The smallest absolute Gasteiger partial charge is 0.0235 e. The highest BCUT2D eigenvalue weighted by Crippen LogP contribution is 2.24. The van der Waals surface area contributed by atoms with Crippen LogP contribution in [0.25, 0.3) is 0 Å². The van der Waals surface area contributed by atoms with E-state index in [4.69, 9.17) is 11.6 Å². The Balaban J connectivity index is 1.86. The van der Waals surface area contributed by atoms with Gasteiger partial charge in [-0.25, -0.2) is 0 Å². The van der Waals surface area contributed by atoms with E-state index in [9.17, 15) is 0 Å². The Morgan fingerprint density at radius 1 is 1.36 bits per heavy atom. The predicted molar refractivity (Wildman–Crippen MR) is 61.0 cm³/mol. The Morgan fingerprint density at radius 2 is 2.21 bits per heavy atom. The first-order chi connectivity index (χ1) is 6.81. The first kappa shape index (κ1) is 10.7. The first-order valence-corrected chi connectivity index (χ1v) is 6.39. The highest BCUT2D eigenvalue weighted by Gasteiger charge is 2.33. The second-order valence-electron chi connectivity index (χ2n) is 4.68. The molecule has 2 atom stereocenters. The van der Waals surface area contributed by atoms with E-state index in [1.807, 2.05) is 0 Å². The van der Waals surface area contributed by atoms with E-state index in [-0.39, 0.29) is 0 Å². The molecule has 82 valence electrons. The zero-order valence-corrected chi connectivity index (χ0v) is 9.84. The molecule has 2 saturated heterocycles. The van der Waals surface area contributed by atoms with E-state index < -0.39 is 0 Å². The summed E-state index contributed by atoms with van der Waals surface area (Å²) in [6.07, 6.45) is 3.95. The van der Waals surface area contributed by atoms with E-state index >= 15 is 0 Å². The molecule has 0 bridgehead atoms. The van der Waals surface area contributed by atoms with E-state index in [0.29, 0.717) is 0 Å². The van der Waals surface area contributed by atoms with Gasteiger partial charge in [-0.15, -0.1) is 11.6 Å². The molecule has 2 aliphatic rings. The van der Waals surface area contributed by atoms with Crippen LogP contribution in [0.1, 0.15) is 26.2 Å². The molecular weight excluding hydrogens is 196 g/mol. The standard InChI is InChI=1S/C11H21ClN2/c1-10-8-14-6-2-4-11(14)9-13(10)7-3-5-12/h10-11H,2-9H2,1H3. The summed E-state index contributed by atoms with van der Waals surface area (Å²) in [5.41, 5.74) is 0. The number of hydrogen-bond acceptors (Lipinski definition) is 2. The number of alkyl halides is 1. The molecule has 0 spiro atoms. The van der Waals surface area contributed by atoms with Crippen LogP contribution in [0.3, 0.4) is 0 Å². The Labute approximate surface area is 92.2 Å². The molecule has 2 unspecified atom stereocenters. The minimum atomic E-state index is 0.729. The lowest BCUT2D eigenvalue weighted by molar-refractivity contribution is 0.0599. The van der Waals surface area contributed by atoms with E-state index in [0.717, 1.165) is 24.4 Å². The number of piperazine rings is 1. The Hall–Kier alpha value is 0.210. The van der Waals surface area contributed by atoms with Crippen LogP contribution in [0.5, 0.6) is 0 Å². The Morgan fingerprint density at radius 3 is 3.00 bits per heavy atom. The van der Waals surface area contributed by atoms with Crippen molar-refractivity contribution in [1.82, 2.24) is 9.80 Å². The molecule has 0 aromatic heterocycles. The highest BCUT2D eigenvalue weighted by atomic mass is 35.5. The molecule has 0 aromatic carbocycles. The normalized spacial score (nSPS) is 34.7. The van der Waals surface area contributed by atoms with Crippen LogP contribution in [0.15, 0.2) is 0 Å². The van der Waals surface area contributed by atoms with Gasteiger partial charge in [0.05, 0.1) is 0 Å². The lowest BCUT2D eigenvalue weighted by atomic mass is 10.1. The number of halogens is 1. The molecule has 0 saturated carbocycles. The average molecular weight is 217 g/mol. The summed E-state index contributed by atoms with van der Waals surface area (Å²) in [5.74, 6) is 0.803. The van der Waals surface area contributed by atoms with Crippen LogP contribution in [0.2, 0.25) is 0 Å². The van der Waals surface area contributed by atoms with Crippen molar-refractivity contribution in [2.45, 2.75) is 38.3 Å². The van der Waals surface area contributed by atoms with E-state index in [2.05, 4.69) is 16.7 Å². The zero-order chi connectivity index (χ0) is 9.97. The summed E-state index contributed by atoms with van der Waals surface area (Å²) in [7, 11) is 0. The summed E-state index contributed by atoms with van der Waals surface area (Å²) in [6.45, 7) is 7.42. The third-order valence-electron chi connectivity index (χ3n) is 3.65. The fourth-order valence-corrected chi connectivity index (χ4v) is 2.94. The number of fused-ring (bicyclic) bond motifs is 1. The van der Waals surface area contributed by atoms with Crippen LogP contribution < -0.4 is 0 Å². The fourth-order valence-electron chi connectivity index (χ4n) is 2.82. The van der Waals surface area contributed by atoms with Crippen molar-refractivity contribution < 1.29 is 0 Å². The second kappa shape index (κ2) is 4.82. The number of nitrogens with zero attached hydrogens (tertiary/aromatic N) is 2. The quantitative estimate of drug-likeness (QED) is 0.664. The molecule has 2 rings (SSSR count). The van der Waals surface area contributed by atoms with E-state index in [1.165, 1.54) is 39.0 Å². The van der Waals surface area contributed by atoms with Crippen molar-refractivity contribution >= 4 is 11.6 Å². The summed E-state index contributed by atoms with van der Waals surface area (Å²) in [6, 6.07) is 1.58. The molecule has 0 radical (unpaired) electrons. The average Bonchev–Trinajstić information content (AvgIpc) is 2.61. The summed E-state index contributed by atoms with van der Waals surface area (Å²) in [4.78, 5) is 5.29. The summed E-state index contributed by atoms with van der Waals surface area (Å²) >= 11 is 5.74. The number of rotatable bonds is 3. The Bertz CT molecular complexity index is 186. The maximum Gasteiger partial charge on any atom is 0.0235 e. The van der Waals surface area contributed by atoms with Crippen molar-refractivity contribution in [3.05, 3.63) is 0 Å². The van der Waals surface area contributed by atoms with Gasteiger partial charge in [0, 0.05) is 31.1 Å². The van der Waals surface area contributed by atoms with Crippen LogP contribution in [-0.2, 0) is 0 Å². The van der Waals surface area contributed by atoms with Crippen molar-refractivity contribution in [2.24, 2.45) is 0 Å². The molecule has 14 heavy (non-hydrogen) atoms. The van der Waals surface area contributed by atoms with Crippen molar-refractivity contribution in [2.75, 3.05) is 32.1 Å². The topological polar surface area (TPSA) is 6.48 Å². The van der Waals surface area contributed by atoms with Gasteiger partial charge in [-0.3, -0.25) is 9.80 Å². The van der Waals surface area contributed by atoms with Gasteiger partial charge in [0.15, 0.2) is 0 Å². The molecule has 0 N–H and O–H groups in total. The van der Waals surface area contributed by atoms with Crippen LogP contribution in [0, 0.1) is 0 Å². The van der Waals surface area contributed by atoms with Gasteiger partial charge >= 0.3 is 0 Å². The van der Waals surface area contributed by atoms with Gasteiger partial charge in [0.2, 0.25) is 0 Å². The molecular formula is C11H21ClN2. The maximum atomic E-state index is 5.74. The predicted octanol–water partition coefficient (Wildman–Crippen LogP) is 1.78. The molecule has 0 aliphatic carbocycles. The number of hydrogen-bond donors (Lipinski definition) is 0. The second-order valence-corrected chi connectivity index (χ2v) is 5.06. The molecule has 3 heteroatoms. The molecule has 0 aromatic rings. The fraction of sp³-hybridized carbons (Fsp3) is 1.00. The molecule has 0 amide bonds. The summed E-state index contributed by atoms with van der Waals surface area (Å²) < 4.78 is 0. The van der Waals surface area contributed by atoms with Crippen molar-refractivity contribution in [3.63, 3.8) is 0 Å². The molecule has 2 fully saturated rings. The van der Waals surface area contributed by atoms with Gasteiger partial charge in [0.25, 0.3) is 0 Å². The molecule has 2 aliphatic heterocycles. The third-order valence-corrected chi connectivity index (χ3v) is 3.91. The van der Waals surface area contributed by atoms with Gasteiger partial charge in [-0.1, -0.05) is 0 Å². The lowest BCUT2D eigenvalue weighted by Gasteiger charge is -2.42. The molecule has 2 heterocycles. The van der Waals surface area contributed by atoms with Gasteiger partial charge < -0.3 is 0 Å². The van der Waals surface area contributed by atoms with Gasteiger partial charge in [-0.05, 0) is 39.3 Å². The van der Waals surface area contributed by atoms with Gasteiger partial charge in [0.1, 0.15) is 0 Å². The van der Waals surface area contributed by atoms with E-state index in [1.54, 1.807) is 0 Å². The van der Waals surface area contributed by atoms with Crippen LogP contribution in [0.4, 0.5) is 0 Å². The monoisotopic (exact) mass is 216 g/mol. The van der Waals surface area contributed by atoms with Crippen LogP contribution >= 0.6 is 11.6 Å². The lowest BCUT2D eigenvalue weighted by Crippen LogP contribution is -2.55. The SMILES string of the molecule is CC1CN2CCCC2CN1CCCCl. The molecule has 2 nitrogen and oxygen atoms in total. The Kier molecular flexibility index (Phi) is 3.69. The van der Waals surface area contributed by atoms with Crippen molar-refractivity contribution in [3.8, 4) is 0 Å². The van der Waals surface area contributed by atoms with Gasteiger partial charge in [-0.2, -0.15) is 0 Å².